The summed E-state index contributed by atoms with van der Waals surface area (Å²) in [5.41, 5.74) is 0. The van der Waals surface area contributed by atoms with Crippen molar-refractivity contribution in [3.05, 3.63) is 0 Å². The second-order valence-electron chi connectivity index (χ2n) is 4.09. The average molecular weight is 243 g/mol. The lowest BCUT2D eigenvalue weighted by molar-refractivity contribution is -0.137. The maximum atomic E-state index is 11.6. The summed E-state index contributed by atoms with van der Waals surface area (Å²) < 4.78 is 0. The van der Waals surface area contributed by atoms with Crippen LogP contribution in [0, 0.1) is 5.92 Å². The first-order valence-electron chi connectivity index (χ1n) is 5.50. The minimum atomic E-state index is -1.12. The molecule has 2 amide bonds. The van der Waals surface area contributed by atoms with E-state index < -0.39 is 18.4 Å². The molecule has 17 heavy (non-hydrogen) atoms. The number of rotatable bonds is 5. The smallest absolute Gasteiger partial charge is 0.322 e. The first-order chi connectivity index (χ1) is 8.00. The number of amides is 2. The normalized spacial score (nSPS) is 23.1. The molecule has 0 radical (unpaired) electrons. The molecule has 96 valence electrons. The van der Waals surface area contributed by atoms with E-state index in [2.05, 4.69) is 16.0 Å². The zero-order valence-electron chi connectivity index (χ0n) is 9.66. The zero-order valence-corrected chi connectivity index (χ0v) is 9.66. The van der Waals surface area contributed by atoms with E-state index in [0.29, 0.717) is 0 Å². The number of aliphatic carboxylic acids is 1. The summed E-state index contributed by atoms with van der Waals surface area (Å²) in [7, 11) is 0. The molecule has 2 unspecified atom stereocenters. The maximum Gasteiger partial charge on any atom is 0.322 e. The van der Waals surface area contributed by atoms with E-state index in [-0.39, 0.29) is 24.4 Å². The molecular formula is C10H17N3O4. The van der Waals surface area contributed by atoms with Crippen LogP contribution in [-0.2, 0) is 14.4 Å². The van der Waals surface area contributed by atoms with Crippen LogP contribution < -0.4 is 16.0 Å². The highest BCUT2D eigenvalue weighted by Gasteiger charge is 2.29. The largest absolute Gasteiger partial charge is 0.480 e. The van der Waals surface area contributed by atoms with Crippen molar-refractivity contribution in [1.82, 2.24) is 16.0 Å². The van der Waals surface area contributed by atoms with E-state index in [1.807, 2.05) is 6.92 Å². The van der Waals surface area contributed by atoms with Crippen LogP contribution in [0.5, 0.6) is 0 Å². The molecule has 0 aromatic heterocycles. The molecule has 1 fully saturated rings. The number of hydrogen-bond acceptors (Lipinski definition) is 4. The first kappa shape index (κ1) is 13.4. The molecule has 1 rings (SSSR count). The van der Waals surface area contributed by atoms with Crippen LogP contribution in [0.1, 0.15) is 13.3 Å². The minimum absolute atomic E-state index is 0.197. The van der Waals surface area contributed by atoms with Gasteiger partial charge < -0.3 is 21.1 Å². The Bertz CT molecular complexity index is 319. The lowest BCUT2D eigenvalue weighted by Crippen LogP contribution is -2.47. The Morgan fingerprint density at radius 3 is 2.53 bits per heavy atom. The van der Waals surface area contributed by atoms with Crippen LogP contribution in [-0.4, -0.2) is 48.6 Å². The van der Waals surface area contributed by atoms with Gasteiger partial charge in [0.1, 0.15) is 6.54 Å². The van der Waals surface area contributed by atoms with Gasteiger partial charge in [0, 0.05) is 0 Å². The van der Waals surface area contributed by atoms with Gasteiger partial charge in [-0.15, -0.1) is 0 Å². The van der Waals surface area contributed by atoms with Gasteiger partial charge in [-0.05, 0) is 18.9 Å². The van der Waals surface area contributed by atoms with E-state index in [9.17, 15) is 14.4 Å². The van der Waals surface area contributed by atoms with Gasteiger partial charge in [0.15, 0.2) is 0 Å². The van der Waals surface area contributed by atoms with Gasteiger partial charge >= 0.3 is 5.97 Å². The molecule has 0 bridgehead atoms. The predicted molar refractivity (Wildman–Crippen MR) is 59.2 cm³/mol. The Morgan fingerprint density at radius 2 is 2.00 bits per heavy atom. The van der Waals surface area contributed by atoms with Crippen LogP contribution in [0.2, 0.25) is 0 Å². The van der Waals surface area contributed by atoms with E-state index >= 15 is 0 Å². The summed E-state index contributed by atoms with van der Waals surface area (Å²) >= 11 is 0. The lowest BCUT2D eigenvalue weighted by atomic mass is 10.0. The Balaban J connectivity index is 2.23. The molecule has 0 aromatic rings. The predicted octanol–water partition coefficient (Wildman–Crippen LogP) is -1.70. The highest BCUT2D eigenvalue weighted by molar-refractivity contribution is 5.88. The average Bonchev–Trinajstić information content (AvgIpc) is 2.69. The summed E-state index contributed by atoms with van der Waals surface area (Å²) in [6, 6.07) is -0.262. The Labute approximate surface area is 98.9 Å². The van der Waals surface area contributed by atoms with Crippen molar-refractivity contribution in [2.24, 2.45) is 5.92 Å². The fourth-order valence-electron chi connectivity index (χ4n) is 1.70. The van der Waals surface area contributed by atoms with Crippen LogP contribution >= 0.6 is 0 Å². The molecule has 7 nitrogen and oxygen atoms in total. The molecule has 1 heterocycles. The maximum absolute atomic E-state index is 11.6. The van der Waals surface area contributed by atoms with Crippen molar-refractivity contribution in [2.45, 2.75) is 19.4 Å². The molecule has 0 aromatic carbocycles. The van der Waals surface area contributed by atoms with Crippen molar-refractivity contribution in [3.8, 4) is 0 Å². The molecule has 0 aliphatic carbocycles. The number of carbonyl (C=O) groups is 3. The summed E-state index contributed by atoms with van der Waals surface area (Å²) in [5, 5.41) is 16.0. The van der Waals surface area contributed by atoms with Gasteiger partial charge in [0.05, 0.1) is 12.6 Å². The summed E-state index contributed by atoms with van der Waals surface area (Å²) in [5.74, 6) is -1.60. The lowest BCUT2D eigenvalue weighted by Gasteiger charge is -2.14. The van der Waals surface area contributed by atoms with Gasteiger partial charge in [-0.3, -0.25) is 14.4 Å². The Hall–Kier alpha value is -1.63. The molecule has 1 saturated heterocycles. The summed E-state index contributed by atoms with van der Waals surface area (Å²) in [6.45, 7) is 2.13. The number of hydrogen-bond donors (Lipinski definition) is 4. The highest BCUT2D eigenvalue weighted by atomic mass is 16.4. The van der Waals surface area contributed by atoms with Crippen LogP contribution in [0.15, 0.2) is 0 Å². The topological polar surface area (TPSA) is 108 Å². The van der Waals surface area contributed by atoms with Crippen LogP contribution in [0.4, 0.5) is 0 Å². The van der Waals surface area contributed by atoms with E-state index in [4.69, 9.17) is 5.11 Å². The van der Waals surface area contributed by atoms with Gasteiger partial charge in [0.25, 0.3) is 0 Å². The molecule has 2 atom stereocenters. The molecule has 4 N–H and O–H groups in total. The molecule has 0 spiro atoms. The Kier molecular flexibility index (Phi) is 4.89. The molecular weight excluding hydrogens is 226 g/mol. The van der Waals surface area contributed by atoms with Gasteiger partial charge in [-0.1, -0.05) is 6.92 Å². The molecule has 0 saturated carbocycles. The van der Waals surface area contributed by atoms with Crippen molar-refractivity contribution >= 4 is 17.8 Å². The highest BCUT2D eigenvalue weighted by Crippen LogP contribution is 2.13. The second kappa shape index (κ2) is 6.19. The Morgan fingerprint density at radius 1 is 1.29 bits per heavy atom. The standard InChI is InChI=1S/C10H17N3O4/c1-6-2-3-11-9(6)10(17)13-4-7(14)12-5-8(15)16/h6,9,11H,2-5H2,1H3,(H,12,14)(H,13,17)(H,15,16). The van der Waals surface area contributed by atoms with E-state index in [0.717, 1.165) is 13.0 Å². The van der Waals surface area contributed by atoms with Crippen molar-refractivity contribution < 1.29 is 19.5 Å². The fourth-order valence-corrected chi connectivity index (χ4v) is 1.70. The molecule has 1 aliphatic rings. The zero-order chi connectivity index (χ0) is 12.8. The number of carboxylic acid groups (broad SMARTS) is 1. The van der Waals surface area contributed by atoms with Gasteiger partial charge in [0.2, 0.25) is 11.8 Å². The van der Waals surface area contributed by atoms with Crippen LogP contribution in [0.25, 0.3) is 0 Å². The third-order valence-electron chi connectivity index (χ3n) is 2.68. The van der Waals surface area contributed by atoms with Gasteiger partial charge in [-0.25, -0.2) is 0 Å². The summed E-state index contributed by atoms with van der Waals surface area (Å²) in [6.07, 6.45) is 0.934. The number of carboxylic acids is 1. The first-order valence-corrected chi connectivity index (χ1v) is 5.50. The van der Waals surface area contributed by atoms with Crippen LogP contribution in [0.3, 0.4) is 0 Å². The number of nitrogens with one attached hydrogen (secondary N) is 3. The quantitative estimate of drug-likeness (QED) is 0.460. The third-order valence-corrected chi connectivity index (χ3v) is 2.68. The monoisotopic (exact) mass is 243 g/mol. The van der Waals surface area contributed by atoms with Crippen molar-refractivity contribution in [1.29, 1.82) is 0 Å². The summed E-state index contributed by atoms with van der Waals surface area (Å²) in [4.78, 5) is 32.9. The molecule has 7 heteroatoms. The second-order valence-corrected chi connectivity index (χ2v) is 4.09. The van der Waals surface area contributed by atoms with E-state index in [1.54, 1.807) is 0 Å². The van der Waals surface area contributed by atoms with E-state index in [1.165, 1.54) is 0 Å². The van der Waals surface area contributed by atoms with Crippen molar-refractivity contribution in [3.63, 3.8) is 0 Å². The molecule has 1 aliphatic heterocycles. The number of carbonyl (C=O) groups excluding carboxylic acids is 2. The SMILES string of the molecule is CC1CCNC1C(=O)NCC(=O)NCC(=O)O. The third kappa shape index (κ3) is 4.39. The van der Waals surface area contributed by atoms with Crippen molar-refractivity contribution in [2.75, 3.05) is 19.6 Å². The fraction of sp³-hybridized carbons (Fsp3) is 0.700. The van der Waals surface area contributed by atoms with Gasteiger partial charge in [-0.2, -0.15) is 0 Å². The minimum Gasteiger partial charge on any atom is -0.480 e.